The topological polar surface area (TPSA) is 181 Å². The first-order valence-electron chi connectivity index (χ1n) is 7.23. The van der Waals surface area contributed by atoms with Crippen LogP contribution >= 0.6 is 0 Å². The van der Waals surface area contributed by atoms with Crippen molar-refractivity contribution in [3.63, 3.8) is 0 Å². The Balaban J connectivity index is 2.24. The van der Waals surface area contributed by atoms with Crippen LogP contribution in [0.5, 0.6) is 0 Å². The first-order valence-corrected chi connectivity index (χ1v) is 7.23. The molecule has 0 N–H and O–H groups in total. The van der Waals surface area contributed by atoms with Crippen LogP contribution in [0, 0.1) is 64.4 Å². The van der Waals surface area contributed by atoms with Crippen LogP contribution in [-0.2, 0) is 0 Å². The lowest BCUT2D eigenvalue weighted by atomic mass is 10.2. The third-order valence-electron chi connectivity index (χ3n) is 3.40. The van der Waals surface area contributed by atoms with E-state index in [0.29, 0.717) is 0 Å². The van der Waals surface area contributed by atoms with Gasteiger partial charge in [-0.3, -0.25) is 9.69 Å². The summed E-state index contributed by atoms with van der Waals surface area (Å²) < 4.78 is 0. The second-order valence-electron chi connectivity index (χ2n) is 4.99. The predicted molar refractivity (Wildman–Crippen MR) is 93.2 cm³/mol. The van der Waals surface area contributed by atoms with Crippen molar-refractivity contribution < 1.29 is 0 Å². The van der Waals surface area contributed by atoms with E-state index >= 15 is 0 Å². The van der Waals surface area contributed by atoms with Crippen molar-refractivity contribution in [1.82, 2.24) is 4.90 Å². The van der Waals surface area contributed by atoms with Gasteiger partial charge < -0.3 is 0 Å². The van der Waals surface area contributed by atoms with Gasteiger partial charge in [0.1, 0.15) is 0 Å². The van der Waals surface area contributed by atoms with Gasteiger partial charge in [0, 0.05) is 0 Å². The Morgan fingerprint density at radius 3 is 1.39 bits per heavy atom. The molecule has 0 saturated heterocycles. The fourth-order valence-corrected chi connectivity index (χ4v) is 2.14. The van der Waals surface area contributed by atoms with Crippen LogP contribution in [0.3, 0.4) is 0 Å². The van der Waals surface area contributed by atoms with E-state index in [9.17, 15) is 0 Å². The summed E-state index contributed by atoms with van der Waals surface area (Å²) in [6.45, 7) is 14.2. The molecule has 0 bridgehead atoms. The molecule has 3 aliphatic rings. The van der Waals surface area contributed by atoms with E-state index in [1.807, 2.05) is 0 Å². The SMILES string of the molecule is [C-]#[N+]C(C#N)C1=NC2=NC(C(C#N)C#N)=NC3=NC(C(C#N)[N+]#[C-])=NC(=N1)N23. The summed E-state index contributed by atoms with van der Waals surface area (Å²) in [7, 11) is 0. The predicted octanol–water partition coefficient (Wildman–Crippen LogP) is -0.121. The zero-order valence-electron chi connectivity index (χ0n) is 13.5. The minimum absolute atomic E-state index is 0.134. The molecule has 28 heavy (non-hydrogen) atoms. The Hall–Kier alpha value is -5.24. The summed E-state index contributed by atoms with van der Waals surface area (Å²) in [5.41, 5.74) is 0. The highest BCUT2D eigenvalue weighted by Crippen LogP contribution is 2.21. The van der Waals surface area contributed by atoms with Crippen LogP contribution in [0.1, 0.15) is 0 Å². The van der Waals surface area contributed by atoms with Crippen molar-refractivity contribution in [1.29, 1.82) is 21.0 Å². The fourth-order valence-electron chi connectivity index (χ4n) is 2.14. The van der Waals surface area contributed by atoms with Crippen molar-refractivity contribution in [2.75, 3.05) is 0 Å². The molecule has 0 aliphatic carbocycles. The van der Waals surface area contributed by atoms with Gasteiger partial charge in [0.2, 0.25) is 29.5 Å². The second-order valence-corrected chi connectivity index (χ2v) is 4.99. The molecule has 2 atom stereocenters. The molecule has 0 fully saturated rings. The van der Waals surface area contributed by atoms with Crippen molar-refractivity contribution in [2.45, 2.75) is 12.1 Å². The van der Waals surface area contributed by atoms with E-state index < -0.39 is 18.0 Å². The average Bonchev–Trinajstić information content (AvgIpc) is 2.70. The molecule has 0 radical (unpaired) electrons. The summed E-state index contributed by atoms with van der Waals surface area (Å²) >= 11 is 0. The minimum atomic E-state index is -1.35. The van der Waals surface area contributed by atoms with Crippen LogP contribution < -0.4 is 0 Å². The van der Waals surface area contributed by atoms with Gasteiger partial charge in [-0.25, -0.2) is 18.0 Å². The summed E-state index contributed by atoms with van der Waals surface area (Å²) in [5, 5.41) is 36.4. The molecule has 128 valence electrons. The first kappa shape index (κ1) is 17.6. The van der Waals surface area contributed by atoms with Crippen LogP contribution in [0.2, 0.25) is 0 Å². The lowest BCUT2D eigenvalue weighted by Crippen LogP contribution is -2.49. The van der Waals surface area contributed by atoms with Crippen molar-refractivity contribution in [3.05, 3.63) is 22.8 Å². The van der Waals surface area contributed by atoms with E-state index in [0.717, 1.165) is 0 Å². The lowest BCUT2D eigenvalue weighted by molar-refractivity contribution is 0.816. The number of hydrogen-bond acceptors (Lipinski definition) is 11. The maximum atomic E-state index is 9.11. The smallest absolute Gasteiger partial charge is 0.288 e. The van der Waals surface area contributed by atoms with Crippen molar-refractivity contribution >= 4 is 35.4 Å². The van der Waals surface area contributed by atoms with Gasteiger partial charge in [-0.2, -0.15) is 51.0 Å². The molecule has 0 aromatic heterocycles. The highest BCUT2D eigenvalue weighted by atomic mass is 15.5. The Morgan fingerprint density at radius 2 is 1.04 bits per heavy atom. The molecular formula is C15H3N13. The van der Waals surface area contributed by atoms with Crippen LogP contribution in [0.25, 0.3) is 9.69 Å². The van der Waals surface area contributed by atoms with E-state index in [4.69, 9.17) is 34.2 Å². The highest BCUT2D eigenvalue weighted by molar-refractivity contribution is 6.32. The van der Waals surface area contributed by atoms with Crippen molar-refractivity contribution in [3.8, 4) is 24.3 Å². The molecule has 0 saturated carbocycles. The standard InChI is InChI=1S/C15H3N13/c1-20-8(5-18)11-24-13-22-10(7(3-16)4-17)23-14-25-12(9(6-19)21-2)27-15(26-11)28(13)14/h7-9H. The summed E-state index contributed by atoms with van der Waals surface area (Å²) in [4.78, 5) is 31.6. The molecule has 0 aromatic rings. The number of amidine groups is 3. The molecule has 0 amide bonds. The fraction of sp³-hybridized carbons (Fsp3) is 0.200. The third kappa shape index (κ3) is 2.70. The number of nitriles is 4. The van der Waals surface area contributed by atoms with Crippen LogP contribution in [-0.4, -0.2) is 52.4 Å². The largest absolute Gasteiger partial charge is 0.365 e. The number of nitrogens with zero attached hydrogens (tertiary/aromatic N) is 13. The molecule has 0 spiro atoms. The molecule has 0 aromatic carbocycles. The van der Waals surface area contributed by atoms with Gasteiger partial charge in [0.05, 0.1) is 12.1 Å². The Kier molecular flexibility index (Phi) is 4.36. The van der Waals surface area contributed by atoms with Gasteiger partial charge in [0.25, 0.3) is 0 Å². The van der Waals surface area contributed by atoms with Gasteiger partial charge in [-0.15, -0.1) is 0 Å². The molecule has 3 rings (SSSR count). The quantitative estimate of drug-likeness (QED) is 0.631. The number of aliphatic imine (C=N–C) groups is 6. The number of hydrogen-bond donors (Lipinski definition) is 0. The Labute approximate surface area is 157 Å². The van der Waals surface area contributed by atoms with Crippen LogP contribution in [0.4, 0.5) is 0 Å². The minimum Gasteiger partial charge on any atom is -0.288 e. The van der Waals surface area contributed by atoms with Gasteiger partial charge in [0.15, 0.2) is 23.9 Å². The second kappa shape index (κ2) is 6.94. The summed E-state index contributed by atoms with van der Waals surface area (Å²) in [6.07, 6.45) is 0. The zero-order chi connectivity index (χ0) is 20.3. The highest BCUT2D eigenvalue weighted by Gasteiger charge is 2.40. The number of guanidine groups is 3. The Bertz CT molecular complexity index is 1000. The lowest BCUT2D eigenvalue weighted by Gasteiger charge is -2.29. The van der Waals surface area contributed by atoms with E-state index in [1.165, 1.54) is 4.90 Å². The maximum Gasteiger partial charge on any atom is 0.365 e. The van der Waals surface area contributed by atoms with Crippen molar-refractivity contribution in [2.24, 2.45) is 35.9 Å². The summed E-state index contributed by atoms with van der Waals surface area (Å²) in [5.74, 6) is -2.38. The van der Waals surface area contributed by atoms with Gasteiger partial charge >= 0.3 is 12.1 Å². The first-order chi connectivity index (χ1) is 13.6. The van der Waals surface area contributed by atoms with Gasteiger partial charge in [-0.1, -0.05) is 0 Å². The monoisotopic (exact) mass is 365 g/mol. The van der Waals surface area contributed by atoms with E-state index in [2.05, 4.69) is 39.6 Å². The normalized spacial score (nSPS) is 18.3. The van der Waals surface area contributed by atoms with E-state index in [1.54, 1.807) is 24.3 Å². The molecule has 3 heterocycles. The number of rotatable bonds is 3. The molecule has 13 nitrogen and oxygen atoms in total. The average molecular weight is 365 g/mol. The molecular weight excluding hydrogens is 362 g/mol. The van der Waals surface area contributed by atoms with Crippen LogP contribution in [0.15, 0.2) is 30.0 Å². The Morgan fingerprint density at radius 1 is 0.643 bits per heavy atom. The molecule has 13 heteroatoms. The van der Waals surface area contributed by atoms with Gasteiger partial charge in [-0.05, 0) is 0 Å². The summed E-state index contributed by atoms with van der Waals surface area (Å²) in [6, 6.07) is 4.19. The maximum absolute atomic E-state index is 9.11. The van der Waals surface area contributed by atoms with E-state index in [-0.39, 0.29) is 35.4 Å². The molecule has 3 aliphatic heterocycles. The molecule has 2 unspecified atom stereocenters. The third-order valence-corrected chi connectivity index (χ3v) is 3.40. The zero-order valence-corrected chi connectivity index (χ0v) is 13.5.